The maximum Gasteiger partial charge on any atom is 0.326 e. The number of aliphatic carboxylic acids is 1. The van der Waals surface area contributed by atoms with Gasteiger partial charge in [-0.3, -0.25) is 9.36 Å². The topological polar surface area (TPSA) is 72.2 Å². The number of hydrogen-bond acceptors (Lipinski definition) is 4. The van der Waals surface area contributed by atoms with Gasteiger partial charge in [0.05, 0.1) is 11.7 Å². The smallest absolute Gasteiger partial charge is 0.326 e. The molecule has 3 aromatic rings. The first-order valence-corrected chi connectivity index (χ1v) is 7.61. The number of carboxylic acid groups (broad SMARTS) is 1. The summed E-state index contributed by atoms with van der Waals surface area (Å²) in [6.45, 7) is 3.41. The van der Waals surface area contributed by atoms with Crippen molar-refractivity contribution < 1.29 is 9.90 Å². The van der Waals surface area contributed by atoms with Crippen LogP contribution in [-0.4, -0.2) is 20.6 Å². The Balaban J connectivity index is 2.35. The van der Waals surface area contributed by atoms with Crippen molar-refractivity contribution in [2.75, 3.05) is 0 Å². The molecule has 3 rings (SSSR count). The molecule has 0 bridgehead atoms. The number of hydrogen-bond donors (Lipinski definition) is 1. The van der Waals surface area contributed by atoms with E-state index in [1.165, 1.54) is 29.2 Å². The first kappa shape index (κ1) is 14.5. The Labute approximate surface area is 130 Å². The lowest BCUT2D eigenvalue weighted by molar-refractivity contribution is -0.140. The number of benzene rings is 1. The normalized spacial score (nSPS) is 12.5. The van der Waals surface area contributed by atoms with Crippen LogP contribution >= 0.6 is 11.3 Å². The van der Waals surface area contributed by atoms with Gasteiger partial charge in [-0.1, -0.05) is 30.3 Å². The number of thiophene rings is 1. The number of fused-ring (bicyclic) bond motifs is 1. The van der Waals surface area contributed by atoms with Gasteiger partial charge in [-0.15, -0.1) is 11.3 Å². The molecule has 0 radical (unpaired) electrons. The molecule has 2 heterocycles. The van der Waals surface area contributed by atoms with E-state index in [-0.39, 0.29) is 5.56 Å². The van der Waals surface area contributed by atoms with Gasteiger partial charge in [0.25, 0.3) is 5.56 Å². The lowest BCUT2D eigenvalue weighted by Gasteiger charge is -2.10. The summed E-state index contributed by atoms with van der Waals surface area (Å²) < 4.78 is 1.17. The average Bonchev–Trinajstić information content (AvgIpc) is 2.85. The number of rotatable bonds is 3. The van der Waals surface area contributed by atoms with Crippen LogP contribution in [0, 0.1) is 6.92 Å². The summed E-state index contributed by atoms with van der Waals surface area (Å²) in [6, 6.07) is 8.65. The molecule has 0 saturated carbocycles. The number of aryl methyl sites for hydroxylation is 1. The third-order valence-corrected chi connectivity index (χ3v) is 4.66. The van der Waals surface area contributed by atoms with E-state index in [0.29, 0.717) is 10.2 Å². The number of nitrogens with zero attached hydrogens (tertiary/aromatic N) is 2. The Kier molecular flexibility index (Phi) is 3.54. The van der Waals surface area contributed by atoms with Crippen molar-refractivity contribution in [1.82, 2.24) is 9.55 Å². The number of aromatic nitrogens is 2. The molecule has 1 aromatic carbocycles. The van der Waals surface area contributed by atoms with Crippen LogP contribution in [0.2, 0.25) is 0 Å². The predicted octanol–water partition coefficient (Wildman–Crippen LogP) is 3.08. The van der Waals surface area contributed by atoms with E-state index in [1.807, 2.05) is 37.3 Å². The summed E-state index contributed by atoms with van der Waals surface area (Å²) in [6.07, 6.45) is 1.31. The summed E-state index contributed by atoms with van der Waals surface area (Å²) in [4.78, 5) is 29.8. The van der Waals surface area contributed by atoms with Crippen LogP contribution in [0.5, 0.6) is 0 Å². The Hall–Kier alpha value is -2.47. The fourth-order valence-electron chi connectivity index (χ4n) is 2.46. The minimum absolute atomic E-state index is 0.317. The quantitative estimate of drug-likeness (QED) is 0.806. The van der Waals surface area contributed by atoms with Gasteiger partial charge in [0.1, 0.15) is 10.9 Å². The van der Waals surface area contributed by atoms with E-state index in [2.05, 4.69) is 4.98 Å². The molecule has 0 aliphatic rings. The van der Waals surface area contributed by atoms with Crippen LogP contribution in [0.3, 0.4) is 0 Å². The molecule has 0 fully saturated rings. The molecule has 0 amide bonds. The second-order valence-electron chi connectivity index (χ2n) is 5.05. The predicted molar refractivity (Wildman–Crippen MR) is 86.4 cm³/mol. The molecular formula is C16H14N2O3S. The minimum Gasteiger partial charge on any atom is -0.480 e. The highest BCUT2D eigenvalue weighted by molar-refractivity contribution is 7.19. The Morgan fingerprint density at radius 1 is 1.32 bits per heavy atom. The molecular weight excluding hydrogens is 300 g/mol. The SMILES string of the molecule is Cc1sc2ncn(C(C)C(=O)O)c(=O)c2c1-c1ccccc1. The number of carbonyl (C=O) groups is 1. The highest BCUT2D eigenvalue weighted by Crippen LogP contribution is 2.35. The zero-order valence-electron chi connectivity index (χ0n) is 12.1. The molecule has 0 aliphatic heterocycles. The fraction of sp³-hybridized carbons (Fsp3) is 0.188. The summed E-state index contributed by atoms with van der Waals surface area (Å²) in [5, 5.41) is 9.63. The Morgan fingerprint density at radius 2 is 2.00 bits per heavy atom. The highest BCUT2D eigenvalue weighted by atomic mass is 32.1. The summed E-state index contributed by atoms with van der Waals surface area (Å²) in [5.41, 5.74) is 1.46. The first-order chi connectivity index (χ1) is 10.5. The molecule has 5 nitrogen and oxygen atoms in total. The van der Waals surface area contributed by atoms with E-state index >= 15 is 0 Å². The third kappa shape index (κ3) is 2.21. The van der Waals surface area contributed by atoms with Crippen LogP contribution in [0.15, 0.2) is 41.5 Å². The van der Waals surface area contributed by atoms with Gasteiger partial charge in [-0.2, -0.15) is 0 Å². The van der Waals surface area contributed by atoms with Gasteiger partial charge in [0.15, 0.2) is 0 Å². The maximum atomic E-state index is 12.7. The maximum absolute atomic E-state index is 12.7. The largest absolute Gasteiger partial charge is 0.480 e. The molecule has 22 heavy (non-hydrogen) atoms. The number of carboxylic acids is 1. The molecule has 0 spiro atoms. The minimum atomic E-state index is -1.06. The van der Waals surface area contributed by atoms with Crippen LogP contribution in [-0.2, 0) is 4.79 Å². The Morgan fingerprint density at radius 3 is 2.64 bits per heavy atom. The fourth-order valence-corrected chi connectivity index (χ4v) is 3.47. The molecule has 0 aliphatic carbocycles. The van der Waals surface area contributed by atoms with Crippen molar-refractivity contribution in [3.8, 4) is 11.1 Å². The van der Waals surface area contributed by atoms with Gasteiger partial charge in [0, 0.05) is 10.4 Å². The molecule has 0 saturated heterocycles. The Bertz CT molecular complexity index is 912. The summed E-state index contributed by atoms with van der Waals surface area (Å²) in [5.74, 6) is -1.06. The first-order valence-electron chi connectivity index (χ1n) is 6.79. The summed E-state index contributed by atoms with van der Waals surface area (Å²) >= 11 is 1.44. The van der Waals surface area contributed by atoms with E-state index in [1.54, 1.807) is 0 Å². The van der Waals surface area contributed by atoms with Crippen molar-refractivity contribution in [3.63, 3.8) is 0 Å². The third-order valence-electron chi connectivity index (χ3n) is 3.65. The van der Waals surface area contributed by atoms with Gasteiger partial charge < -0.3 is 5.11 Å². The van der Waals surface area contributed by atoms with Crippen LogP contribution < -0.4 is 5.56 Å². The molecule has 1 N–H and O–H groups in total. The zero-order valence-corrected chi connectivity index (χ0v) is 12.9. The van der Waals surface area contributed by atoms with Crippen LogP contribution in [0.1, 0.15) is 17.8 Å². The van der Waals surface area contributed by atoms with Crippen LogP contribution in [0.25, 0.3) is 21.3 Å². The molecule has 2 aromatic heterocycles. The van der Waals surface area contributed by atoms with E-state index < -0.39 is 12.0 Å². The monoisotopic (exact) mass is 314 g/mol. The summed E-state index contributed by atoms with van der Waals surface area (Å²) in [7, 11) is 0. The van der Waals surface area contributed by atoms with E-state index in [4.69, 9.17) is 5.11 Å². The van der Waals surface area contributed by atoms with Crippen molar-refractivity contribution >= 4 is 27.5 Å². The second-order valence-corrected chi connectivity index (χ2v) is 6.25. The van der Waals surface area contributed by atoms with Crippen molar-refractivity contribution in [3.05, 3.63) is 51.9 Å². The van der Waals surface area contributed by atoms with Crippen molar-refractivity contribution in [1.29, 1.82) is 0 Å². The van der Waals surface area contributed by atoms with Gasteiger partial charge in [0.2, 0.25) is 0 Å². The lowest BCUT2D eigenvalue weighted by atomic mass is 10.0. The van der Waals surface area contributed by atoms with Crippen molar-refractivity contribution in [2.24, 2.45) is 0 Å². The molecule has 1 unspecified atom stereocenters. The molecule has 112 valence electrons. The highest BCUT2D eigenvalue weighted by Gasteiger charge is 2.21. The zero-order chi connectivity index (χ0) is 15.9. The molecule has 6 heteroatoms. The van der Waals surface area contributed by atoms with E-state index in [9.17, 15) is 9.59 Å². The standard InChI is InChI=1S/C16H14N2O3S/c1-9(16(20)21)18-8-17-14-13(15(18)19)12(10(2)22-14)11-6-4-3-5-7-11/h3-9H,1-2H3,(H,20,21). The van der Waals surface area contributed by atoms with E-state index in [0.717, 1.165) is 16.0 Å². The van der Waals surface area contributed by atoms with Gasteiger partial charge >= 0.3 is 5.97 Å². The average molecular weight is 314 g/mol. The van der Waals surface area contributed by atoms with Crippen LogP contribution in [0.4, 0.5) is 0 Å². The second kappa shape index (κ2) is 5.38. The van der Waals surface area contributed by atoms with Crippen molar-refractivity contribution in [2.45, 2.75) is 19.9 Å². The van der Waals surface area contributed by atoms with Gasteiger partial charge in [-0.25, -0.2) is 9.78 Å². The molecule has 1 atom stereocenters. The van der Waals surface area contributed by atoms with Gasteiger partial charge in [-0.05, 0) is 19.4 Å². The lowest BCUT2D eigenvalue weighted by Crippen LogP contribution is -2.28.